The maximum absolute atomic E-state index is 7.80. The smallest absolute Gasteiger partial charge is 0.124 e. The molecule has 0 saturated carbocycles. The molecule has 3 N–H and O–H groups in total. The Hall–Kier alpha value is -1.22. The highest BCUT2D eigenvalue weighted by Gasteiger charge is 2.20. The van der Waals surface area contributed by atoms with Crippen molar-refractivity contribution in [2.75, 3.05) is 11.4 Å². The van der Waals surface area contributed by atoms with Crippen LogP contribution in [0.15, 0.2) is 18.2 Å². The topological polar surface area (TPSA) is 53.1 Å². The molecule has 0 heterocycles. The largest absolute Gasteiger partial charge is 0.384 e. The molecule has 0 bridgehead atoms. The van der Waals surface area contributed by atoms with Gasteiger partial charge >= 0.3 is 0 Å². The van der Waals surface area contributed by atoms with E-state index in [1.165, 1.54) is 0 Å². The van der Waals surface area contributed by atoms with Crippen molar-refractivity contribution in [3.05, 3.63) is 28.8 Å². The van der Waals surface area contributed by atoms with Gasteiger partial charge in [-0.2, -0.15) is 0 Å². The highest BCUT2D eigenvalue weighted by molar-refractivity contribution is 6.31. The van der Waals surface area contributed by atoms with Crippen molar-refractivity contribution in [2.24, 2.45) is 11.7 Å². The Kier molecular flexibility index (Phi) is 6.34. The number of nitrogen functional groups attached to an aromatic ring is 1. The standard InChI is InChI=1S/C16H26ClN3/c1-5-13(6-2)20(10-11(3)4)15-8-7-12(17)9-14(15)16(18)19/h7-9,11,13H,5-6,10H2,1-4H3,(H3,18,19). The van der Waals surface area contributed by atoms with E-state index in [9.17, 15) is 0 Å². The maximum Gasteiger partial charge on any atom is 0.124 e. The zero-order chi connectivity index (χ0) is 15.3. The van der Waals surface area contributed by atoms with Crippen molar-refractivity contribution in [3.63, 3.8) is 0 Å². The first-order chi connectivity index (χ1) is 9.40. The first kappa shape index (κ1) is 16.8. The molecule has 0 aromatic heterocycles. The Morgan fingerprint density at radius 3 is 2.35 bits per heavy atom. The van der Waals surface area contributed by atoms with E-state index in [0.717, 1.165) is 30.6 Å². The van der Waals surface area contributed by atoms with Crippen molar-refractivity contribution in [2.45, 2.75) is 46.6 Å². The molecule has 0 aliphatic rings. The predicted molar refractivity (Wildman–Crippen MR) is 89.0 cm³/mol. The molecule has 0 unspecified atom stereocenters. The molecule has 0 atom stereocenters. The van der Waals surface area contributed by atoms with Gasteiger partial charge in [0.2, 0.25) is 0 Å². The Balaban J connectivity index is 3.28. The van der Waals surface area contributed by atoms with Crippen molar-refractivity contribution in [3.8, 4) is 0 Å². The molecule has 20 heavy (non-hydrogen) atoms. The molecule has 0 aliphatic heterocycles. The lowest BCUT2D eigenvalue weighted by atomic mass is 10.0. The van der Waals surface area contributed by atoms with Crippen LogP contribution in [0, 0.1) is 11.3 Å². The second-order valence-corrected chi connectivity index (χ2v) is 6.03. The summed E-state index contributed by atoms with van der Waals surface area (Å²) in [6.45, 7) is 9.77. The molecular weight excluding hydrogens is 270 g/mol. The molecule has 1 aromatic carbocycles. The number of anilines is 1. The molecule has 4 heteroatoms. The quantitative estimate of drug-likeness (QED) is 0.583. The molecule has 0 aliphatic carbocycles. The van der Waals surface area contributed by atoms with E-state index in [2.05, 4.69) is 32.6 Å². The van der Waals surface area contributed by atoms with Crippen molar-refractivity contribution < 1.29 is 0 Å². The average Bonchev–Trinajstić information content (AvgIpc) is 2.38. The third-order valence-electron chi connectivity index (χ3n) is 3.50. The van der Waals surface area contributed by atoms with Crippen LogP contribution < -0.4 is 10.6 Å². The molecule has 0 fully saturated rings. The average molecular weight is 296 g/mol. The Morgan fingerprint density at radius 2 is 1.90 bits per heavy atom. The molecule has 0 amide bonds. The van der Waals surface area contributed by atoms with Gasteiger partial charge in [-0.15, -0.1) is 0 Å². The van der Waals surface area contributed by atoms with E-state index in [-0.39, 0.29) is 5.84 Å². The second kappa shape index (κ2) is 7.53. The Morgan fingerprint density at radius 1 is 1.30 bits per heavy atom. The number of hydrogen-bond donors (Lipinski definition) is 2. The SMILES string of the molecule is CCC(CC)N(CC(C)C)c1ccc(Cl)cc1C(=N)N. The van der Waals surface area contributed by atoms with Gasteiger partial charge in [0.25, 0.3) is 0 Å². The minimum absolute atomic E-state index is 0.0715. The lowest BCUT2D eigenvalue weighted by molar-refractivity contribution is 0.507. The number of nitrogens with zero attached hydrogens (tertiary/aromatic N) is 1. The number of amidine groups is 1. The molecule has 1 aromatic rings. The molecule has 3 nitrogen and oxygen atoms in total. The van der Waals surface area contributed by atoms with Crippen LogP contribution in [-0.4, -0.2) is 18.4 Å². The first-order valence-electron chi connectivity index (χ1n) is 7.31. The van der Waals surface area contributed by atoms with Crippen LogP contribution in [0.4, 0.5) is 5.69 Å². The van der Waals surface area contributed by atoms with Gasteiger partial charge in [0, 0.05) is 28.9 Å². The van der Waals surface area contributed by atoms with E-state index in [4.69, 9.17) is 22.7 Å². The van der Waals surface area contributed by atoms with Crippen LogP contribution in [0.5, 0.6) is 0 Å². The first-order valence-corrected chi connectivity index (χ1v) is 7.69. The molecular formula is C16H26ClN3. The third-order valence-corrected chi connectivity index (χ3v) is 3.74. The number of rotatable bonds is 7. The van der Waals surface area contributed by atoms with E-state index in [0.29, 0.717) is 17.0 Å². The van der Waals surface area contributed by atoms with Crippen LogP contribution in [0.3, 0.4) is 0 Å². The van der Waals surface area contributed by atoms with Gasteiger partial charge < -0.3 is 10.6 Å². The Labute approximate surface area is 127 Å². The van der Waals surface area contributed by atoms with E-state index < -0.39 is 0 Å². The lowest BCUT2D eigenvalue weighted by Gasteiger charge is -2.35. The number of benzene rings is 1. The normalized spacial score (nSPS) is 11.2. The second-order valence-electron chi connectivity index (χ2n) is 5.59. The zero-order valence-electron chi connectivity index (χ0n) is 12.9. The van der Waals surface area contributed by atoms with Crippen molar-refractivity contribution in [1.29, 1.82) is 5.41 Å². The van der Waals surface area contributed by atoms with Gasteiger partial charge in [-0.05, 0) is 37.0 Å². The maximum atomic E-state index is 7.80. The summed E-state index contributed by atoms with van der Waals surface area (Å²) in [5, 5.41) is 8.41. The summed E-state index contributed by atoms with van der Waals surface area (Å²) in [6, 6.07) is 6.10. The Bertz CT molecular complexity index is 453. The van der Waals surface area contributed by atoms with Crippen molar-refractivity contribution >= 4 is 23.1 Å². The van der Waals surface area contributed by atoms with Crippen LogP contribution in [-0.2, 0) is 0 Å². The number of nitrogens with two attached hydrogens (primary N) is 1. The minimum Gasteiger partial charge on any atom is -0.384 e. The summed E-state index contributed by atoms with van der Waals surface area (Å²) in [6.07, 6.45) is 2.15. The summed E-state index contributed by atoms with van der Waals surface area (Å²) in [5.74, 6) is 0.619. The van der Waals surface area contributed by atoms with Gasteiger partial charge in [0.15, 0.2) is 0 Å². The third kappa shape index (κ3) is 4.14. The fraction of sp³-hybridized carbons (Fsp3) is 0.562. The van der Waals surface area contributed by atoms with Crippen LogP contribution in [0.25, 0.3) is 0 Å². The molecule has 0 spiro atoms. The summed E-state index contributed by atoms with van der Waals surface area (Å²) in [5.41, 5.74) is 7.48. The van der Waals surface area contributed by atoms with Crippen LogP contribution >= 0.6 is 11.6 Å². The fourth-order valence-corrected chi connectivity index (χ4v) is 2.71. The zero-order valence-corrected chi connectivity index (χ0v) is 13.7. The lowest BCUT2D eigenvalue weighted by Crippen LogP contribution is -2.38. The summed E-state index contributed by atoms with van der Waals surface area (Å²) < 4.78 is 0. The minimum atomic E-state index is 0.0715. The van der Waals surface area contributed by atoms with Crippen LogP contribution in [0.1, 0.15) is 46.1 Å². The highest BCUT2D eigenvalue weighted by atomic mass is 35.5. The van der Waals surface area contributed by atoms with Gasteiger partial charge in [-0.25, -0.2) is 0 Å². The van der Waals surface area contributed by atoms with Gasteiger partial charge in [0.05, 0.1) is 0 Å². The monoisotopic (exact) mass is 295 g/mol. The predicted octanol–water partition coefficient (Wildman–Crippen LogP) is 4.28. The van der Waals surface area contributed by atoms with E-state index in [1.807, 2.05) is 12.1 Å². The summed E-state index contributed by atoms with van der Waals surface area (Å²) in [7, 11) is 0. The molecule has 1 rings (SSSR count). The fourth-order valence-electron chi connectivity index (χ4n) is 2.54. The van der Waals surface area contributed by atoms with E-state index >= 15 is 0 Å². The van der Waals surface area contributed by atoms with E-state index in [1.54, 1.807) is 6.07 Å². The van der Waals surface area contributed by atoms with Gasteiger partial charge in [-0.1, -0.05) is 39.3 Å². The summed E-state index contributed by atoms with van der Waals surface area (Å²) >= 11 is 6.05. The van der Waals surface area contributed by atoms with Gasteiger partial charge in [0.1, 0.15) is 5.84 Å². The number of halogens is 1. The summed E-state index contributed by atoms with van der Waals surface area (Å²) in [4.78, 5) is 2.37. The number of hydrogen-bond acceptors (Lipinski definition) is 2. The highest BCUT2D eigenvalue weighted by Crippen LogP contribution is 2.28. The number of nitrogens with one attached hydrogen (secondary N) is 1. The molecule has 112 valence electrons. The van der Waals surface area contributed by atoms with Crippen molar-refractivity contribution in [1.82, 2.24) is 0 Å². The molecule has 0 saturated heterocycles. The van der Waals surface area contributed by atoms with Crippen LogP contribution in [0.2, 0.25) is 5.02 Å². The van der Waals surface area contributed by atoms with Gasteiger partial charge in [-0.3, -0.25) is 5.41 Å². The molecule has 0 radical (unpaired) electrons.